The number of nitro benzene ring substituents is 1. The Labute approximate surface area is 156 Å². The monoisotopic (exact) mass is 371 g/mol. The van der Waals surface area contributed by atoms with E-state index in [9.17, 15) is 19.7 Å². The minimum absolute atomic E-state index is 0.00735. The van der Waals surface area contributed by atoms with Crippen LogP contribution >= 0.6 is 0 Å². The molecule has 0 unspecified atom stereocenters. The molecule has 0 atom stereocenters. The predicted molar refractivity (Wildman–Crippen MR) is 102 cm³/mol. The number of rotatable bonds is 7. The Hall–Kier alpha value is -3.42. The number of carbonyl (C=O) groups is 2. The first-order chi connectivity index (χ1) is 12.8. The highest BCUT2D eigenvalue weighted by Crippen LogP contribution is 2.23. The van der Waals surface area contributed by atoms with Crippen molar-refractivity contribution in [2.45, 2.75) is 20.8 Å². The van der Waals surface area contributed by atoms with Gasteiger partial charge in [0.25, 0.3) is 11.6 Å². The molecule has 2 rings (SSSR count). The van der Waals surface area contributed by atoms with Crippen molar-refractivity contribution in [3.05, 3.63) is 58.1 Å². The SMILES string of the molecule is Cc1cc(OCC(=O)Nc2cccc(NC(=O)C(C)C)c2)ccc1[N+](=O)[O-]. The molecule has 0 saturated heterocycles. The maximum Gasteiger partial charge on any atom is 0.272 e. The van der Waals surface area contributed by atoms with Gasteiger partial charge in [0.15, 0.2) is 6.61 Å². The molecule has 8 heteroatoms. The lowest BCUT2D eigenvalue weighted by Gasteiger charge is -2.11. The molecule has 2 aromatic rings. The molecule has 2 amide bonds. The molecule has 142 valence electrons. The van der Waals surface area contributed by atoms with Gasteiger partial charge in [0.05, 0.1) is 4.92 Å². The van der Waals surface area contributed by atoms with Crippen molar-refractivity contribution in [1.29, 1.82) is 0 Å². The summed E-state index contributed by atoms with van der Waals surface area (Å²) in [6, 6.07) is 11.1. The first kappa shape index (κ1) is 19.9. The number of hydrogen-bond acceptors (Lipinski definition) is 5. The fourth-order valence-electron chi connectivity index (χ4n) is 2.23. The molecule has 0 aliphatic rings. The van der Waals surface area contributed by atoms with Gasteiger partial charge in [-0.15, -0.1) is 0 Å². The van der Waals surface area contributed by atoms with Crippen molar-refractivity contribution >= 4 is 28.9 Å². The molecule has 0 aliphatic heterocycles. The van der Waals surface area contributed by atoms with Crippen LogP contribution in [0, 0.1) is 23.0 Å². The fraction of sp³-hybridized carbons (Fsp3) is 0.263. The van der Waals surface area contributed by atoms with E-state index >= 15 is 0 Å². The number of benzene rings is 2. The standard InChI is InChI=1S/C19H21N3O5/c1-12(2)19(24)21-15-6-4-5-14(10-15)20-18(23)11-27-16-7-8-17(22(25)26)13(3)9-16/h4-10,12H,11H2,1-3H3,(H,20,23)(H,21,24). The number of nitro groups is 1. The van der Waals surface area contributed by atoms with Crippen LogP contribution in [0.15, 0.2) is 42.5 Å². The Morgan fingerprint density at radius 3 is 2.37 bits per heavy atom. The normalized spacial score (nSPS) is 10.4. The number of nitrogens with zero attached hydrogens (tertiary/aromatic N) is 1. The number of ether oxygens (including phenoxy) is 1. The van der Waals surface area contributed by atoms with Crippen LogP contribution in [0.3, 0.4) is 0 Å². The highest BCUT2D eigenvalue weighted by atomic mass is 16.6. The highest BCUT2D eigenvalue weighted by molar-refractivity contribution is 5.95. The minimum Gasteiger partial charge on any atom is -0.484 e. The van der Waals surface area contributed by atoms with Gasteiger partial charge >= 0.3 is 0 Å². The third kappa shape index (κ3) is 5.81. The van der Waals surface area contributed by atoms with Crippen molar-refractivity contribution in [3.63, 3.8) is 0 Å². The number of nitrogens with one attached hydrogen (secondary N) is 2. The zero-order chi connectivity index (χ0) is 20.0. The summed E-state index contributed by atoms with van der Waals surface area (Å²) < 4.78 is 5.38. The van der Waals surface area contributed by atoms with Crippen LogP contribution < -0.4 is 15.4 Å². The quantitative estimate of drug-likeness (QED) is 0.571. The second-order valence-electron chi connectivity index (χ2n) is 6.27. The Balaban J connectivity index is 1.93. The van der Waals surface area contributed by atoms with Crippen molar-refractivity contribution in [3.8, 4) is 5.75 Å². The van der Waals surface area contributed by atoms with Crippen molar-refractivity contribution in [2.75, 3.05) is 17.2 Å². The molecular formula is C19H21N3O5. The molecule has 0 aromatic heterocycles. The van der Waals surface area contributed by atoms with Crippen LogP contribution in [0.2, 0.25) is 0 Å². The van der Waals surface area contributed by atoms with E-state index in [-0.39, 0.29) is 24.1 Å². The summed E-state index contributed by atoms with van der Waals surface area (Å²) >= 11 is 0. The summed E-state index contributed by atoms with van der Waals surface area (Å²) in [6.45, 7) is 4.93. The molecule has 0 bridgehead atoms. The van der Waals surface area contributed by atoms with E-state index in [0.717, 1.165) is 0 Å². The van der Waals surface area contributed by atoms with Crippen LogP contribution in [0.25, 0.3) is 0 Å². The van der Waals surface area contributed by atoms with Crippen molar-refractivity contribution in [1.82, 2.24) is 0 Å². The number of carbonyl (C=O) groups excluding carboxylic acids is 2. The molecule has 2 aromatic carbocycles. The molecule has 0 radical (unpaired) electrons. The lowest BCUT2D eigenvalue weighted by Crippen LogP contribution is -2.21. The molecule has 0 spiro atoms. The molecule has 0 saturated carbocycles. The van der Waals surface area contributed by atoms with Gasteiger partial charge in [-0.1, -0.05) is 19.9 Å². The summed E-state index contributed by atoms with van der Waals surface area (Å²) in [5.74, 6) is -0.290. The number of hydrogen-bond donors (Lipinski definition) is 2. The Morgan fingerprint density at radius 1 is 1.11 bits per heavy atom. The third-order valence-corrected chi connectivity index (χ3v) is 3.67. The molecule has 27 heavy (non-hydrogen) atoms. The van der Waals surface area contributed by atoms with Crippen LogP contribution in [0.5, 0.6) is 5.75 Å². The number of amides is 2. The maximum absolute atomic E-state index is 12.1. The minimum atomic E-state index is -0.475. The first-order valence-electron chi connectivity index (χ1n) is 8.35. The van der Waals surface area contributed by atoms with Crippen LogP contribution in [0.1, 0.15) is 19.4 Å². The molecule has 2 N–H and O–H groups in total. The second kappa shape index (κ2) is 8.79. The Kier molecular flexibility index (Phi) is 6.48. The van der Waals surface area contributed by atoms with Gasteiger partial charge in [-0.05, 0) is 37.3 Å². The topological polar surface area (TPSA) is 111 Å². The number of aryl methyl sites for hydroxylation is 1. The van der Waals surface area contributed by atoms with Gasteiger partial charge in [0.2, 0.25) is 5.91 Å². The number of anilines is 2. The lowest BCUT2D eigenvalue weighted by molar-refractivity contribution is -0.385. The van der Waals surface area contributed by atoms with E-state index in [2.05, 4.69) is 10.6 Å². The average Bonchev–Trinajstić information content (AvgIpc) is 2.60. The van der Waals surface area contributed by atoms with Gasteiger partial charge in [0, 0.05) is 28.9 Å². The van der Waals surface area contributed by atoms with Crippen LogP contribution in [0.4, 0.5) is 17.1 Å². The zero-order valence-corrected chi connectivity index (χ0v) is 15.3. The van der Waals surface area contributed by atoms with Gasteiger partial charge in [-0.2, -0.15) is 0 Å². The Bertz CT molecular complexity index is 864. The summed E-state index contributed by atoms with van der Waals surface area (Å²) in [7, 11) is 0. The molecule has 0 heterocycles. The molecule has 8 nitrogen and oxygen atoms in total. The summed E-state index contributed by atoms with van der Waals surface area (Å²) in [5, 5.41) is 16.2. The largest absolute Gasteiger partial charge is 0.484 e. The maximum atomic E-state index is 12.1. The van der Waals surface area contributed by atoms with Gasteiger partial charge < -0.3 is 15.4 Å². The van der Waals surface area contributed by atoms with Crippen LogP contribution in [-0.4, -0.2) is 23.3 Å². The fourth-order valence-corrected chi connectivity index (χ4v) is 2.23. The van der Waals surface area contributed by atoms with E-state index in [4.69, 9.17) is 4.74 Å². The van der Waals surface area contributed by atoms with Gasteiger partial charge in [0.1, 0.15) is 5.75 Å². The van der Waals surface area contributed by atoms with Crippen molar-refractivity contribution in [2.24, 2.45) is 5.92 Å². The van der Waals surface area contributed by atoms with Gasteiger partial charge in [-0.3, -0.25) is 19.7 Å². The van der Waals surface area contributed by atoms with Crippen LogP contribution in [-0.2, 0) is 9.59 Å². The first-order valence-corrected chi connectivity index (χ1v) is 8.35. The summed E-state index contributed by atoms with van der Waals surface area (Å²) in [4.78, 5) is 34.1. The van der Waals surface area contributed by atoms with Crippen molar-refractivity contribution < 1.29 is 19.2 Å². The van der Waals surface area contributed by atoms with Gasteiger partial charge in [-0.25, -0.2) is 0 Å². The average molecular weight is 371 g/mol. The molecular weight excluding hydrogens is 350 g/mol. The predicted octanol–water partition coefficient (Wildman–Crippen LogP) is 3.52. The molecule has 0 aliphatic carbocycles. The summed E-state index contributed by atoms with van der Waals surface area (Å²) in [5.41, 5.74) is 1.54. The van der Waals surface area contributed by atoms with E-state index in [1.165, 1.54) is 18.2 Å². The summed E-state index contributed by atoms with van der Waals surface area (Å²) in [6.07, 6.45) is 0. The van der Waals surface area contributed by atoms with E-state index < -0.39 is 10.8 Å². The molecule has 0 fully saturated rings. The Morgan fingerprint density at radius 2 is 1.78 bits per heavy atom. The highest BCUT2D eigenvalue weighted by Gasteiger charge is 2.12. The lowest BCUT2D eigenvalue weighted by atomic mass is 10.2. The zero-order valence-electron chi connectivity index (χ0n) is 15.3. The van der Waals surface area contributed by atoms with E-state index in [1.807, 2.05) is 0 Å². The van der Waals surface area contributed by atoms with E-state index in [1.54, 1.807) is 45.0 Å². The third-order valence-electron chi connectivity index (χ3n) is 3.67. The van der Waals surface area contributed by atoms with E-state index in [0.29, 0.717) is 22.7 Å². The smallest absolute Gasteiger partial charge is 0.272 e. The second-order valence-corrected chi connectivity index (χ2v) is 6.27.